The van der Waals surface area contributed by atoms with Crippen molar-refractivity contribution in [2.75, 3.05) is 5.75 Å². The number of hydrogen-bond donors (Lipinski definition) is 1. The van der Waals surface area contributed by atoms with E-state index in [-0.39, 0.29) is 23.5 Å². The van der Waals surface area contributed by atoms with Crippen molar-refractivity contribution in [3.8, 4) is 11.4 Å². The summed E-state index contributed by atoms with van der Waals surface area (Å²) in [6, 6.07) is 15.7. The summed E-state index contributed by atoms with van der Waals surface area (Å²) in [5.41, 5.74) is 1.83. The Bertz CT molecular complexity index is 880. The van der Waals surface area contributed by atoms with Crippen molar-refractivity contribution in [2.24, 2.45) is 7.05 Å². The van der Waals surface area contributed by atoms with Gasteiger partial charge in [0.25, 0.3) is 0 Å². The molecular weight excluding hydrogens is 351 g/mol. The first kappa shape index (κ1) is 18.1. The standard InChI is InChI=1S/C19H19FN4OS/c1-13(14-8-10-16(20)11-9-14)21-17(25)12-26-19-23-22-18(24(19)2)15-6-4-3-5-7-15/h3-11,13H,12H2,1-2H3,(H,21,25)/t13-/m0/s1. The van der Waals surface area contributed by atoms with Gasteiger partial charge in [-0.15, -0.1) is 10.2 Å². The molecular formula is C19H19FN4OS. The molecule has 0 aliphatic carbocycles. The van der Waals surface area contributed by atoms with E-state index in [1.54, 1.807) is 12.1 Å². The molecule has 0 aliphatic rings. The van der Waals surface area contributed by atoms with Crippen LogP contribution in [0.4, 0.5) is 4.39 Å². The largest absolute Gasteiger partial charge is 0.349 e. The van der Waals surface area contributed by atoms with Gasteiger partial charge in [-0.25, -0.2) is 4.39 Å². The molecule has 1 amide bonds. The summed E-state index contributed by atoms with van der Waals surface area (Å²) < 4.78 is 14.8. The second-order valence-electron chi connectivity index (χ2n) is 5.86. The summed E-state index contributed by atoms with van der Waals surface area (Å²) in [5, 5.41) is 11.9. The number of carbonyl (C=O) groups is 1. The number of aromatic nitrogens is 3. The summed E-state index contributed by atoms with van der Waals surface area (Å²) in [6.45, 7) is 1.87. The lowest BCUT2D eigenvalue weighted by Gasteiger charge is -2.14. The maximum Gasteiger partial charge on any atom is 0.230 e. The zero-order chi connectivity index (χ0) is 18.5. The van der Waals surface area contributed by atoms with Crippen LogP contribution >= 0.6 is 11.8 Å². The number of amides is 1. The monoisotopic (exact) mass is 370 g/mol. The van der Waals surface area contributed by atoms with E-state index in [1.807, 2.05) is 48.9 Å². The molecule has 3 rings (SSSR count). The number of benzene rings is 2. The molecule has 0 saturated heterocycles. The number of carbonyl (C=O) groups excluding carboxylic acids is 1. The lowest BCUT2D eigenvalue weighted by atomic mass is 10.1. The van der Waals surface area contributed by atoms with Gasteiger partial charge in [0.2, 0.25) is 5.91 Å². The van der Waals surface area contributed by atoms with E-state index in [9.17, 15) is 9.18 Å². The van der Waals surface area contributed by atoms with E-state index in [0.717, 1.165) is 17.0 Å². The number of nitrogens with zero attached hydrogens (tertiary/aromatic N) is 3. The predicted octanol–water partition coefficient (Wildman–Crippen LogP) is 3.59. The van der Waals surface area contributed by atoms with Gasteiger partial charge in [0, 0.05) is 12.6 Å². The Hall–Kier alpha value is -2.67. The van der Waals surface area contributed by atoms with Gasteiger partial charge in [-0.1, -0.05) is 54.2 Å². The molecule has 2 aromatic carbocycles. The molecule has 0 spiro atoms. The van der Waals surface area contributed by atoms with Crippen LogP contribution in [-0.2, 0) is 11.8 Å². The van der Waals surface area contributed by atoms with E-state index in [0.29, 0.717) is 5.16 Å². The lowest BCUT2D eigenvalue weighted by molar-refractivity contribution is -0.119. The molecule has 0 saturated carbocycles. The average Bonchev–Trinajstić information content (AvgIpc) is 3.02. The van der Waals surface area contributed by atoms with Crippen LogP contribution in [0, 0.1) is 5.82 Å². The van der Waals surface area contributed by atoms with Crippen LogP contribution in [0.5, 0.6) is 0 Å². The van der Waals surface area contributed by atoms with Crippen LogP contribution in [0.3, 0.4) is 0 Å². The van der Waals surface area contributed by atoms with E-state index in [4.69, 9.17) is 0 Å². The topological polar surface area (TPSA) is 59.8 Å². The van der Waals surface area contributed by atoms with Crippen LogP contribution in [0.1, 0.15) is 18.5 Å². The number of nitrogens with one attached hydrogen (secondary N) is 1. The van der Waals surface area contributed by atoms with Crippen molar-refractivity contribution in [3.63, 3.8) is 0 Å². The maximum atomic E-state index is 13.0. The van der Waals surface area contributed by atoms with E-state index >= 15 is 0 Å². The zero-order valence-electron chi connectivity index (χ0n) is 14.5. The minimum Gasteiger partial charge on any atom is -0.349 e. The summed E-state index contributed by atoms with van der Waals surface area (Å²) in [7, 11) is 1.88. The predicted molar refractivity (Wildman–Crippen MR) is 100 cm³/mol. The fraction of sp³-hybridized carbons (Fsp3) is 0.211. The molecule has 3 aromatic rings. The van der Waals surface area contributed by atoms with Crippen LogP contribution in [-0.4, -0.2) is 26.4 Å². The first-order valence-corrected chi connectivity index (χ1v) is 9.15. The molecule has 7 heteroatoms. The third-order valence-corrected chi connectivity index (χ3v) is 4.97. The first-order valence-electron chi connectivity index (χ1n) is 8.17. The van der Waals surface area contributed by atoms with Crippen molar-refractivity contribution in [1.29, 1.82) is 0 Å². The van der Waals surface area contributed by atoms with E-state index in [1.165, 1.54) is 23.9 Å². The van der Waals surface area contributed by atoms with Gasteiger partial charge < -0.3 is 9.88 Å². The Morgan fingerprint density at radius 1 is 1.15 bits per heavy atom. The molecule has 1 heterocycles. The fourth-order valence-electron chi connectivity index (χ4n) is 2.53. The number of thioether (sulfide) groups is 1. The number of hydrogen-bond acceptors (Lipinski definition) is 4. The van der Waals surface area contributed by atoms with Gasteiger partial charge in [0.05, 0.1) is 11.8 Å². The van der Waals surface area contributed by atoms with Gasteiger partial charge in [-0.05, 0) is 24.6 Å². The van der Waals surface area contributed by atoms with Crippen molar-refractivity contribution >= 4 is 17.7 Å². The fourth-order valence-corrected chi connectivity index (χ4v) is 3.25. The second-order valence-corrected chi connectivity index (χ2v) is 6.80. The quantitative estimate of drug-likeness (QED) is 0.674. The summed E-state index contributed by atoms with van der Waals surface area (Å²) in [5.74, 6) is 0.579. The van der Waals surface area contributed by atoms with Gasteiger partial charge >= 0.3 is 0 Å². The second kappa shape index (κ2) is 8.14. The Kier molecular flexibility index (Phi) is 5.68. The molecule has 1 aromatic heterocycles. The molecule has 0 aliphatic heterocycles. The number of rotatable bonds is 6. The van der Waals surface area contributed by atoms with Crippen molar-refractivity contribution in [1.82, 2.24) is 20.1 Å². The normalized spacial score (nSPS) is 12.0. The molecule has 5 nitrogen and oxygen atoms in total. The van der Waals surface area contributed by atoms with Crippen LogP contribution in [0.2, 0.25) is 0 Å². The van der Waals surface area contributed by atoms with Crippen LogP contribution < -0.4 is 5.32 Å². The Morgan fingerprint density at radius 3 is 2.54 bits per heavy atom. The first-order chi connectivity index (χ1) is 12.5. The highest BCUT2D eigenvalue weighted by Gasteiger charge is 2.14. The van der Waals surface area contributed by atoms with E-state index < -0.39 is 0 Å². The minimum absolute atomic E-state index is 0.115. The average molecular weight is 370 g/mol. The molecule has 0 bridgehead atoms. The highest BCUT2D eigenvalue weighted by atomic mass is 32.2. The van der Waals surface area contributed by atoms with Crippen LogP contribution in [0.25, 0.3) is 11.4 Å². The Morgan fingerprint density at radius 2 is 1.85 bits per heavy atom. The third-order valence-electron chi connectivity index (χ3n) is 3.95. The molecule has 26 heavy (non-hydrogen) atoms. The van der Waals surface area contributed by atoms with E-state index in [2.05, 4.69) is 15.5 Å². The SMILES string of the molecule is C[C@H](NC(=O)CSc1nnc(-c2ccccc2)n1C)c1ccc(F)cc1. The van der Waals surface area contributed by atoms with Crippen molar-refractivity contribution in [3.05, 3.63) is 66.0 Å². The molecule has 0 fully saturated rings. The summed E-state index contributed by atoms with van der Waals surface area (Å²) in [4.78, 5) is 12.2. The molecule has 0 radical (unpaired) electrons. The molecule has 1 N–H and O–H groups in total. The van der Waals surface area contributed by atoms with Crippen molar-refractivity contribution < 1.29 is 9.18 Å². The molecule has 1 atom stereocenters. The molecule has 0 unspecified atom stereocenters. The summed E-state index contributed by atoms with van der Waals surface area (Å²) in [6.07, 6.45) is 0. The van der Waals surface area contributed by atoms with Gasteiger partial charge in [-0.3, -0.25) is 4.79 Å². The Balaban J connectivity index is 1.58. The molecule has 134 valence electrons. The Labute approximate surface area is 155 Å². The van der Waals surface area contributed by atoms with Gasteiger partial charge in [0.15, 0.2) is 11.0 Å². The third kappa shape index (κ3) is 4.29. The summed E-state index contributed by atoms with van der Waals surface area (Å²) >= 11 is 1.33. The van der Waals surface area contributed by atoms with Gasteiger partial charge in [-0.2, -0.15) is 0 Å². The zero-order valence-corrected chi connectivity index (χ0v) is 15.3. The minimum atomic E-state index is -0.292. The highest BCUT2D eigenvalue weighted by Crippen LogP contribution is 2.22. The lowest BCUT2D eigenvalue weighted by Crippen LogP contribution is -2.28. The van der Waals surface area contributed by atoms with Crippen molar-refractivity contribution in [2.45, 2.75) is 18.1 Å². The maximum absolute atomic E-state index is 13.0. The highest BCUT2D eigenvalue weighted by molar-refractivity contribution is 7.99. The van der Waals surface area contributed by atoms with Crippen LogP contribution in [0.15, 0.2) is 59.8 Å². The smallest absolute Gasteiger partial charge is 0.230 e. The number of halogens is 1. The van der Waals surface area contributed by atoms with Gasteiger partial charge in [0.1, 0.15) is 5.82 Å².